The van der Waals surface area contributed by atoms with E-state index in [9.17, 15) is 5.26 Å². The highest BCUT2D eigenvalue weighted by Gasteiger charge is 2.17. The van der Waals surface area contributed by atoms with Crippen LogP contribution in [0.3, 0.4) is 0 Å². The predicted octanol–water partition coefficient (Wildman–Crippen LogP) is 3.17. The minimum atomic E-state index is 0.710. The number of fused-ring (bicyclic) bond motifs is 1. The molecule has 0 fully saturated rings. The Morgan fingerprint density at radius 1 is 1.05 bits per heavy atom. The van der Waals surface area contributed by atoms with Crippen LogP contribution in [0.5, 0.6) is 5.75 Å². The molecule has 3 heteroatoms. The highest BCUT2D eigenvalue weighted by Crippen LogP contribution is 2.28. The Morgan fingerprint density at radius 2 is 1.71 bits per heavy atom. The summed E-state index contributed by atoms with van der Waals surface area (Å²) in [4.78, 5) is 2.29. The third kappa shape index (κ3) is 2.71. The molecule has 0 N–H and O–H groups in total. The van der Waals surface area contributed by atoms with Crippen molar-refractivity contribution in [1.29, 1.82) is 5.26 Å². The molecule has 1 aliphatic rings. The van der Waals surface area contributed by atoms with Crippen molar-refractivity contribution in [3.63, 3.8) is 0 Å². The van der Waals surface area contributed by atoms with E-state index in [4.69, 9.17) is 4.74 Å². The predicted molar refractivity (Wildman–Crippen MR) is 83.8 cm³/mol. The summed E-state index contributed by atoms with van der Waals surface area (Å²) in [6.07, 6.45) is 2.02. The maximum atomic E-state index is 9.34. The van der Waals surface area contributed by atoms with E-state index in [0.717, 1.165) is 37.4 Å². The third-order valence-corrected chi connectivity index (χ3v) is 4.09. The van der Waals surface area contributed by atoms with E-state index in [-0.39, 0.29) is 0 Å². The van der Waals surface area contributed by atoms with Gasteiger partial charge in [-0.1, -0.05) is 24.3 Å². The van der Waals surface area contributed by atoms with Crippen molar-refractivity contribution in [3.05, 3.63) is 59.2 Å². The van der Waals surface area contributed by atoms with Crippen LogP contribution in [0.4, 0.5) is 5.69 Å². The van der Waals surface area contributed by atoms with E-state index in [1.54, 1.807) is 7.11 Å². The van der Waals surface area contributed by atoms with Gasteiger partial charge in [0, 0.05) is 19.2 Å². The fraction of sp³-hybridized carbons (Fsp3) is 0.278. The molecule has 2 aromatic rings. The number of hydrogen-bond donors (Lipinski definition) is 0. The summed E-state index contributed by atoms with van der Waals surface area (Å²) >= 11 is 0. The second-order valence-corrected chi connectivity index (χ2v) is 5.25. The molecule has 0 aliphatic carbocycles. The Labute approximate surface area is 125 Å². The van der Waals surface area contributed by atoms with Gasteiger partial charge >= 0.3 is 0 Å². The van der Waals surface area contributed by atoms with Gasteiger partial charge < -0.3 is 9.64 Å². The SMILES string of the molecule is COc1ccc(C#N)c(N2CCc3ccccc3CC2)c1. The van der Waals surface area contributed by atoms with Gasteiger partial charge in [-0.2, -0.15) is 5.26 Å². The molecule has 0 atom stereocenters. The zero-order valence-corrected chi connectivity index (χ0v) is 12.2. The number of nitriles is 1. The van der Waals surface area contributed by atoms with Gasteiger partial charge in [0.2, 0.25) is 0 Å². The molecule has 3 rings (SSSR count). The first-order valence-corrected chi connectivity index (χ1v) is 7.21. The Kier molecular flexibility index (Phi) is 3.79. The van der Waals surface area contributed by atoms with Crippen LogP contribution >= 0.6 is 0 Å². The topological polar surface area (TPSA) is 36.3 Å². The zero-order valence-electron chi connectivity index (χ0n) is 12.2. The van der Waals surface area contributed by atoms with Gasteiger partial charge in [0.15, 0.2) is 0 Å². The van der Waals surface area contributed by atoms with Crippen molar-refractivity contribution >= 4 is 5.69 Å². The molecular formula is C18H18N2O. The minimum absolute atomic E-state index is 0.710. The summed E-state index contributed by atoms with van der Waals surface area (Å²) in [5.41, 5.74) is 4.52. The van der Waals surface area contributed by atoms with E-state index in [2.05, 4.69) is 35.2 Å². The van der Waals surface area contributed by atoms with Crippen LogP contribution in [-0.4, -0.2) is 20.2 Å². The normalized spacial score (nSPS) is 14.0. The Hall–Kier alpha value is -2.47. The molecule has 0 spiro atoms. The maximum Gasteiger partial charge on any atom is 0.121 e. The fourth-order valence-electron chi connectivity index (χ4n) is 2.90. The Balaban J connectivity index is 1.91. The van der Waals surface area contributed by atoms with Crippen molar-refractivity contribution < 1.29 is 4.74 Å². The quantitative estimate of drug-likeness (QED) is 0.846. The van der Waals surface area contributed by atoms with E-state index in [0.29, 0.717) is 5.56 Å². The number of ether oxygens (including phenoxy) is 1. The van der Waals surface area contributed by atoms with Gasteiger partial charge in [-0.3, -0.25) is 0 Å². The fourth-order valence-corrected chi connectivity index (χ4v) is 2.90. The van der Waals surface area contributed by atoms with E-state index >= 15 is 0 Å². The number of anilines is 1. The summed E-state index contributed by atoms with van der Waals surface area (Å²) in [7, 11) is 1.66. The van der Waals surface area contributed by atoms with Crippen molar-refractivity contribution in [2.75, 3.05) is 25.1 Å². The maximum absolute atomic E-state index is 9.34. The van der Waals surface area contributed by atoms with Gasteiger partial charge in [-0.25, -0.2) is 0 Å². The summed E-state index contributed by atoms with van der Waals surface area (Å²) in [5, 5.41) is 9.34. The largest absolute Gasteiger partial charge is 0.497 e. The van der Waals surface area contributed by atoms with Crippen LogP contribution in [0.25, 0.3) is 0 Å². The highest BCUT2D eigenvalue weighted by atomic mass is 16.5. The van der Waals surface area contributed by atoms with Crippen molar-refractivity contribution in [2.45, 2.75) is 12.8 Å². The number of nitrogens with zero attached hydrogens (tertiary/aromatic N) is 2. The number of benzene rings is 2. The van der Waals surface area contributed by atoms with Gasteiger partial charge in [-0.05, 0) is 36.1 Å². The third-order valence-electron chi connectivity index (χ3n) is 4.09. The second kappa shape index (κ2) is 5.88. The Bertz CT molecular complexity index is 661. The zero-order chi connectivity index (χ0) is 14.7. The monoisotopic (exact) mass is 278 g/mol. The molecule has 3 nitrogen and oxygen atoms in total. The Morgan fingerprint density at radius 3 is 2.29 bits per heavy atom. The van der Waals surface area contributed by atoms with Gasteiger partial charge in [0.25, 0.3) is 0 Å². The van der Waals surface area contributed by atoms with Gasteiger partial charge in [0.05, 0.1) is 18.4 Å². The van der Waals surface area contributed by atoms with Crippen LogP contribution < -0.4 is 9.64 Å². The average Bonchev–Trinajstić information content (AvgIpc) is 2.77. The smallest absolute Gasteiger partial charge is 0.121 e. The summed E-state index contributed by atoms with van der Waals surface area (Å²) in [6.45, 7) is 1.86. The van der Waals surface area contributed by atoms with Crippen LogP contribution in [0, 0.1) is 11.3 Å². The lowest BCUT2D eigenvalue weighted by atomic mass is 10.0. The standard InChI is InChI=1S/C18H18N2O/c1-21-17-7-6-16(13-19)18(12-17)20-10-8-14-4-2-3-5-15(14)9-11-20/h2-7,12H,8-11H2,1H3. The van der Waals surface area contributed by atoms with E-state index < -0.39 is 0 Å². The molecule has 21 heavy (non-hydrogen) atoms. The average molecular weight is 278 g/mol. The minimum Gasteiger partial charge on any atom is -0.497 e. The van der Waals surface area contributed by atoms with Crippen molar-refractivity contribution in [2.24, 2.45) is 0 Å². The molecule has 0 saturated heterocycles. The van der Waals surface area contributed by atoms with Crippen LogP contribution in [0.2, 0.25) is 0 Å². The molecule has 0 amide bonds. The van der Waals surface area contributed by atoms with E-state index in [1.807, 2.05) is 18.2 Å². The molecule has 1 heterocycles. The number of hydrogen-bond acceptors (Lipinski definition) is 3. The molecule has 106 valence electrons. The molecular weight excluding hydrogens is 260 g/mol. The highest BCUT2D eigenvalue weighted by molar-refractivity contribution is 5.62. The lowest BCUT2D eigenvalue weighted by molar-refractivity contribution is 0.414. The van der Waals surface area contributed by atoms with Gasteiger partial charge in [0.1, 0.15) is 11.8 Å². The lowest BCUT2D eigenvalue weighted by Crippen LogP contribution is -2.26. The van der Waals surface area contributed by atoms with Crippen LogP contribution in [0.1, 0.15) is 16.7 Å². The van der Waals surface area contributed by atoms with E-state index in [1.165, 1.54) is 11.1 Å². The van der Waals surface area contributed by atoms with Crippen molar-refractivity contribution in [3.8, 4) is 11.8 Å². The second-order valence-electron chi connectivity index (χ2n) is 5.25. The molecule has 0 saturated carbocycles. The van der Waals surface area contributed by atoms with Gasteiger partial charge in [-0.15, -0.1) is 0 Å². The van der Waals surface area contributed by atoms with Crippen LogP contribution in [0.15, 0.2) is 42.5 Å². The molecule has 0 bridgehead atoms. The summed E-state index contributed by atoms with van der Waals surface area (Å²) in [5.74, 6) is 0.797. The number of methoxy groups -OCH3 is 1. The molecule has 0 unspecified atom stereocenters. The summed E-state index contributed by atoms with van der Waals surface area (Å²) in [6, 6.07) is 16.5. The van der Waals surface area contributed by atoms with Crippen molar-refractivity contribution in [1.82, 2.24) is 0 Å². The first-order chi connectivity index (χ1) is 10.3. The first kappa shape index (κ1) is 13.5. The molecule has 2 aromatic carbocycles. The van der Waals surface area contributed by atoms with Crippen LogP contribution in [-0.2, 0) is 12.8 Å². The molecule has 1 aliphatic heterocycles. The number of rotatable bonds is 2. The summed E-state index contributed by atoms with van der Waals surface area (Å²) < 4.78 is 5.30. The lowest BCUT2D eigenvalue weighted by Gasteiger charge is -2.24. The molecule has 0 aromatic heterocycles. The first-order valence-electron chi connectivity index (χ1n) is 7.21. The molecule has 0 radical (unpaired) electrons.